The molecule has 6 nitrogen and oxygen atoms in total. The van der Waals surface area contributed by atoms with E-state index in [0.29, 0.717) is 9.87 Å². The van der Waals surface area contributed by atoms with Crippen molar-refractivity contribution in [3.63, 3.8) is 0 Å². The van der Waals surface area contributed by atoms with E-state index in [-0.39, 0.29) is 16.2 Å². The highest BCUT2D eigenvalue weighted by molar-refractivity contribution is 7.99. The van der Waals surface area contributed by atoms with Gasteiger partial charge in [0.15, 0.2) is 0 Å². The fourth-order valence-electron chi connectivity index (χ4n) is 2.99. The lowest BCUT2D eigenvalue weighted by atomic mass is 10.1. The van der Waals surface area contributed by atoms with Gasteiger partial charge in [0.05, 0.1) is 5.69 Å². The van der Waals surface area contributed by atoms with E-state index in [2.05, 4.69) is 5.32 Å². The molecule has 28 heavy (non-hydrogen) atoms. The number of halogens is 1. The molecule has 0 atom stereocenters. The number of benzene rings is 2. The van der Waals surface area contributed by atoms with Crippen LogP contribution in [0, 0.1) is 5.82 Å². The van der Waals surface area contributed by atoms with E-state index < -0.39 is 34.2 Å². The lowest BCUT2D eigenvalue weighted by molar-refractivity contribution is -0.126. The Morgan fingerprint density at radius 2 is 1.75 bits per heavy atom. The highest BCUT2D eigenvalue weighted by Crippen LogP contribution is 2.35. The molecule has 1 aliphatic heterocycles. The van der Waals surface area contributed by atoms with Gasteiger partial charge in [0.25, 0.3) is 15.9 Å². The number of hydrogen-bond acceptors (Lipinski definition) is 4. The number of carbonyl (C=O) groups excluding carboxylic acids is 2. The Balaban J connectivity index is 1.85. The van der Waals surface area contributed by atoms with Crippen molar-refractivity contribution in [2.45, 2.75) is 20.3 Å². The minimum Gasteiger partial charge on any atom is -0.322 e. The quantitative estimate of drug-likeness (QED) is 0.834. The summed E-state index contributed by atoms with van der Waals surface area (Å²) in [6.45, 7) is 2.66. The first-order valence-electron chi connectivity index (χ1n) is 8.67. The van der Waals surface area contributed by atoms with Crippen LogP contribution < -0.4 is 5.32 Å². The summed E-state index contributed by atoms with van der Waals surface area (Å²) >= 11 is 0. The predicted molar refractivity (Wildman–Crippen MR) is 104 cm³/mol. The van der Waals surface area contributed by atoms with Gasteiger partial charge in [-0.05, 0) is 36.6 Å². The molecular weight excluding hydrogens is 383 g/mol. The molecule has 1 heterocycles. The summed E-state index contributed by atoms with van der Waals surface area (Å²) in [5.41, 5.74) is 1.38. The summed E-state index contributed by atoms with van der Waals surface area (Å²) in [7, 11) is -4.19. The maximum Gasteiger partial charge on any atom is 0.268 e. The fourth-order valence-corrected chi connectivity index (χ4v) is 4.76. The Kier molecular flexibility index (Phi) is 5.33. The zero-order valence-corrected chi connectivity index (χ0v) is 16.2. The highest BCUT2D eigenvalue weighted by Gasteiger charge is 2.43. The molecule has 0 saturated heterocycles. The number of carbonyl (C=O) groups is 2. The SMILES string of the molecule is CCc1ccc(C2=C(C)C(=O)N(CC(=O)Nc3ccccc3F)S2(=O)=O)cc1. The smallest absolute Gasteiger partial charge is 0.268 e. The second kappa shape index (κ2) is 7.55. The van der Waals surface area contributed by atoms with Crippen LogP contribution in [0.3, 0.4) is 0 Å². The van der Waals surface area contributed by atoms with Crippen molar-refractivity contribution in [1.29, 1.82) is 0 Å². The van der Waals surface area contributed by atoms with Crippen molar-refractivity contribution in [3.05, 3.63) is 71.0 Å². The lowest BCUT2D eigenvalue weighted by Gasteiger charge is -2.16. The van der Waals surface area contributed by atoms with E-state index in [1.165, 1.54) is 25.1 Å². The molecular formula is C20H19FN2O4S. The molecule has 0 saturated carbocycles. The highest BCUT2D eigenvalue weighted by atomic mass is 32.2. The number of nitrogens with one attached hydrogen (secondary N) is 1. The summed E-state index contributed by atoms with van der Waals surface area (Å²) in [6, 6.07) is 12.4. The molecule has 2 aromatic carbocycles. The summed E-state index contributed by atoms with van der Waals surface area (Å²) in [5.74, 6) is -2.23. The van der Waals surface area contributed by atoms with Crippen LogP contribution in [-0.2, 0) is 26.0 Å². The number of hydrogen-bond donors (Lipinski definition) is 1. The first-order chi connectivity index (χ1) is 13.3. The molecule has 146 valence electrons. The van der Waals surface area contributed by atoms with Gasteiger partial charge in [-0.15, -0.1) is 0 Å². The first kappa shape index (κ1) is 19.8. The lowest BCUT2D eigenvalue weighted by Crippen LogP contribution is -2.38. The third-order valence-electron chi connectivity index (χ3n) is 4.50. The molecule has 0 fully saturated rings. The minimum absolute atomic E-state index is 0.0444. The summed E-state index contributed by atoms with van der Waals surface area (Å²) in [4.78, 5) is 24.6. The molecule has 1 N–H and O–H groups in total. The van der Waals surface area contributed by atoms with Gasteiger partial charge in [0.2, 0.25) is 5.91 Å². The average molecular weight is 402 g/mol. The van der Waals surface area contributed by atoms with Crippen LogP contribution in [-0.4, -0.2) is 31.1 Å². The Morgan fingerprint density at radius 1 is 1.11 bits per heavy atom. The summed E-state index contributed by atoms with van der Waals surface area (Å²) < 4.78 is 40.0. The van der Waals surface area contributed by atoms with Gasteiger partial charge in [-0.25, -0.2) is 17.1 Å². The van der Waals surface area contributed by atoms with Crippen molar-refractivity contribution in [2.24, 2.45) is 0 Å². The van der Waals surface area contributed by atoms with Crippen LogP contribution in [0.25, 0.3) is 4.91 Å². The van der Waals surface area contributed by atoms with Crippen molar-refractivity contribution >= 4 is 32.4 Å². The molecule has 1 aliphatic rings. The molecule has 0 radical (unpaired) electrons. The van der Waals surface area contributed by atoms with Crippen LogP contribution in [0.1, 0.15) is 25.0 Å². The van der Waals surface area contributed by atoms with Crippen LogP contribution >= 0.6 is 0 Å². The number of aryl methyl sites for hydroxylation is 1. The normalized spacial score (nSPS) is 15.8. The molecule has 8 heteroatoms. The third kappa shape index (κ3) is 3.55. The molecule has 0 unspecified atom stereocenters. The summed E-state index contributed by atoms with van der Waals surface area (Å²) in [5, 5.41) is 2.29. The fraction of sp³-hybridized carbons (Fsp3) is 0.200. The first-order valence-corrected chi connectivity index (χ1v) is 10.1. The molecule has 2 amide bonds. The van der Waals surface area contributed by atoms with Gasteiger partial charge in [-0.3, -0.25) is 9.59 Å². The van der Waals surface area contributed by atoms with Gasteiger partial charge in [-0.2, -0.15) is 0 Å². The van der Waals surface area contributed by atoms with Gasteiger partial charge < -0.3 is 5.32 Å². The van der Waals surface area contributed by atoms with Crippen LogP contribution in [0.15, 0.2) is 54.1 Å². The monoisotopic (exact) mass is 402 g/mol. The Bertz CT molecular complexity index is 1080. The Labute approximate surface area is 162 Å². The van der Waals surface area contributed by atoms with Crippen molar-refractivity contribution in [2.75, 3.05) is 11.9 Å². The average Bonchev–Trinajstić information content (AvgIpc) is 2.83. The molecule has 0 aromatic heterocycles. The number of sulfonamides is 1. The molecule has 0 aliphatic carbocycles. The molecule has 3 rings (SSSR count). The minimum atomic E-state index is -4.19. The zero-order valence-electron chi connectivity index (χ0n) is 15.4. The van der Waals surface area contributed by atoms with Crippen molar-refractivity contribution < 1.29 is 22.4 Å². The van der Waals surface area contributed by atoms with Gasteiger partial charge in [0, 0.05) is 5.57 Å². The Hall–Kier alpha value is -3.00. The number of amides is 2. The largest absolute Gasteiger partial charge is 0.322 e. The maximum absolute atomic E-state index is 13.7. The van der Waals surface area contributed by atoms with Crippen molar-refractivity contribution in [3.8, 4) is 0 Å². The second-order valence-corrected chi connectivity index (χ2v) is 8.15. The standard InChI is InChI=1S/C20H19FN2O4S/c1-3-14-8-10-15(11-9-14)19-13(2)20(25)23(28(19,26)27)12-18(24)22-17-7-5-4-6-16(17)21/h4-11H,3,12H2,1-2H3,(H,22,24). The van der Waals surface area contributed by atoms with E-state index in [1.807, 2.05) is 6.92 Å². The van der Waals surface area contributed by atoms with Gasteiger partial charge in [-0.1, -0.05) is 43.3 Å². The van der Waals surface area contributed by atoms with E-state index in [9.17, 15) is 22.4 Å². The number of anilines is 1. The van der Waals surface area contributed by atoms with E-state index in [4.69, 9.17) is 0 Å². The van der Waals surface area contributed by atoms with Crippen LogP contribution in [0.5, 0.6) is 0 Å². The maximum atomic E-state index is 13.7. The number of rotatable bonds is 5. The van der Waals surface area contributed by atoms with E-state index in [1.54, 1.807) is 24.3 Å². The predicted octanol–water partition coefficient (Wildman–Crippen LogP) is 2.93. The summed E-state index contributed by atoms with van der Waals surface area (Å²) in [6.07, 6.45) is 0.798. The van der Waals surface area contributed by atoms with E-state index in [0.717, 1.165) is 18.1 Å². The van der Waals surface area contributed by atoms with E-state index >= 15 is 0 Å². The molecule has 2 aromatic rings. The second-order valence-electron chi connectivity index (χ2n) is 6.35. The molecule has 0 spiro atoms. The number of para-hydroxylation sites is 1. The Morgan fingerprint density at radius 3 is 2.36 bits per heavy atom. The topological polar surface area (TPSA) is 83.6 Å². The van der Waals surface area contributed by atoms with Gasteiger partial charge in [0.1, 0.15) is 17.3 Å². The van der Waals surface area contributed by atoms with Crippen LogP contribution in [0.2, 0.25) is 0 Å². The number of nitrogens with zero attached hydrogens (tertiary/aromatic N) is 1. The van der Waals surface area contributed by atoms with Crippen LogP contribution in [0.4, 0.5) is 10.1 Å². The van der Waals surface area contributed by atoms with Gasteiger partial charge >= 0.3 is 0 Å². The molecule has 0 bridgehead atoms. The zero-order chi connectivity index (χ0) is 20.5. The van der Waals surface area contributed by atoms with Crippen molar-refractivity contribution in [1.82, 2.24) is 4.31 Å². The third-order valence-corrected chi connectivity index (χ3v) is 6.43.